The number of anilines is 2. The van der Waals surface area contributed by atoms with Gasteiger partial charge in [0, 0.05) is 44.1 Å². The van der Waals surface area contributed by atoms with Gasteiger partial charge in [0.1, 0.15) is 11.6 Å². The highest BCUT2D eigenvalue weighted by atomic mass is 32.2. The lowest BCUT2D eigenvalue weighted by Crippen LogP contribution is -2.47. The lowest BCUT2D eigenvalue weighted by Gasteiger charge is -2.36. The maximum Gasteiger partial charge on any atom is 0.189 e. The van der Waals surface area contributed by atoms with Gasteiger partial charge in [-0.3, -0.25) is 0 Å². The first-order chi connectivity index (χ1) is 11.7. The molecule has 6 nitrogen and oxygen atoms in total. The molecule has 1 saturated heterocycles. The van der Waals surface area contributed by atoms with E-state index in [0.717, 1.165) is 55.1 Å². The fourth-order valence-corrected chi connectivity index (χ4v) is 3.11. The van der Waals surface area contributed by atoms with Crippen LogP contribution in [0.15, 0.2) is 29.6 Å². The van der Waals surface area contributed by atoms with E-state index in [1.54, 1.807) is 24.0 Å². The second-order valence-corrected chi connectivity index (χ2v) is 6.32. The van der Waals surface area contributed by atoms with Crippen LogP contribution in [0, 0.1) is 11.3 Å². The maximum absolute atomic E-state index is 9.03. The van der Waals surface area contributed by atoms with E-state index in [0.29, 0.717) is 5.56 Å². The molecule has 0 aromatic carbocycles. The van der Waals surface area contributed by atoms with Crippen LogP contribution in [-0.4, -0.2) is 47.4 Å². The molecule has 0 unspecified atom stereocenters. The Bertz CT molecular complexity index is 727. The highest BCUT2D eigenvalue weighted by molar-refractivity contribution is 7.98. The molecule has 3 rings (SSSR count). The number of pyridine rings is 1. The Balaban J connectivity index is 1.72. The molecule has 24 heavy (non-hydrogen) atoms. The number of piperazine rings is 1. The van der Waals surface area contributed by atoms with Crippen molar-refractivity contribution in [2.45, 2.75) is 18.5 Å². The Morgan fingerprint density at radius 3 is 2.46 bits per heavy atom. The predicted molar refractivity (Wildman–Crippen MR) is 96.6 cm³/mol. The van der Waals surface area contributed by atoms with Gasteiger partial charge in [0.05, 0.1) is 11.6 Å². The Kier molecular flexibility index (Phi) is 5.16. The molecule has 3 heterocycles. The van der Waals surface area contributed by atoms with Crippen LogP contribution in [0.25, 0.3) is 0 Å². The van der Waals surface area contributed by atoms with Gasteiger partial charge in [0.2, 0.25) is 0 Å². The second kappa shape index (κ2) is 7.49. The fraction of sp³-hybridized carbons (Fsp3) is 0.412. The molecule has 1 aliphatic heterocycles. The molecule has 1 aliphatic rings. The molecule has 0 N–H and O–H groups in total. The van der Waals surface area contributed by atoms with Gasteiger partial charge in [-0.2, -0.15) is 5.26 Å². The molecular weight excluding hydrogens is 320 g/mol. The summed E-state index contributed by atoms with van der Waals surface area (Å²) in [6.07, 6.45) is 4.61. The molecule has 2 aromatic heterocycles. The molecule has 124 valence electrons. The van der Waals surface area contributed by atoms with E-state index >= 15 is 0 Å². The maximum atomic E-state index is 9.03. The van der Waals surface area contributed by atoms with Crippen LogP contribution in [0.5, 0.6) is 0 Å². The number of thioether (sulfide) groups is 1. The van der Waals surface area contributed by atoms with Gasteiger partial charge in [-0.15, -0.1) is 0 Å². The third-order valence-electron chi connectivity index (χ3n) is 4.09. The van der Waals surface area contributed by atoms with E-state index in [4.69, 9.17) is 5.26 Å². The summed E-state index contributed by atoms with van der Waals surface area (Å²) in [4.78, 5) is 18.1. The Morgan fingerprint density at radius 2 is 1.83 bits per heavy atom. The quantitative estimate of drug-likeness (QED) is 0.625. The third-order valence-corrected chi connectivity index (χ3v) is 4.64. The number of hydrogen-bond acceptors (Lipinski definition) is 7. The van der Waals surface area contributed by atoms with Crippen molar-refractivity contribution in [3.05, 3.63) is 35.7 Å². The third kappa shape index (κ3) is 3.60. The summed E-state index contributed by atoms with van der Waals surface area (Å²) >= 11 is 1.58. The smallest absolute Gasteiger partial charge is 0.189 e. The molecule has 0 spiro atoms. The van der Waals surface area contributed by atoms with E-state index in [1.807, 2.05) is 12.3 Å². The summed E-state index contributed by atoms with van der Waals surface area (Å²) in [5.41, 5.74) is 1.73. The van der Waals surface area contributed by atoms with E-state index in [-0.39, 0.29) is 0 Å². The average molecular weight is 340 g/mol. The SMILES string of the molecule is CCc1cc(N2CCN(c3cc(C#N)ccn3)CC2)nc(SC)n1. The molecule has 7 heteroatoms. The Labute approximate surface area is 146 Å². The summed E-state index contributed by atoms with van der Waals surface area (Å²) < 4.78 is 0. The van der Waals surface area contributed by atoms with Crippen LogP contribution < -0.4 is 9.80 Å². The van der Waals surface area contributed by atoms with Crippen LogP contribution in [0.4, 0.5) is 11.6 Å². The van der Waals surface area contributed by atoms with E-state index in [1.165, 1.54) is 0 Å². The standard InChI is InChI=1S/C17H20N6S/c1-3-14-11-16(21-17(20-14)24-2)23-8-6-22(7-9-23)15-10-13(12-18)4-5-19-15/h4-5,10-11H,3,6-9H2,1-2H3. The molecule has 0 atom stereocenters. The zero-order valence-electron chi connectivity index (χ0n) is 13.9. The highest BCUT2D eigenvalue weighted by Crippen LogP contribution is 2.21. The minimum Gasteiger partial charge on any atom is -0.353 e. The highest BCUT2D eigenvalue weighted by Gasteiger charge is 2.20. The fourth-order valence-electron chi connectivity index (χ4n) is 2.72. The first kappa shape index (κ1) is 16.5. The van der Waals surface area contributed by atoms with Crippen LogP contribution >= 0.6 is 11.8 Å². The first-order valence-corrected chi connectivity index (χ1v) is 9.24. The van der Waals surface area contributed by atoms with Crippen LogP contribution in [0.2, 0.25) is 0 Å². The molecule has 2 aromatic rings. The minimum atomic E-state index is 0.649. The van der Waals surface area contributed by atoms with Crippen molar-refractivity contribution in [1.82, 2.24) is 15.0 Å². The van der Waals surface area contributed by atoms with Gasteiger partial charge < -0.3 is 9.80 Å². The van der Waals surface area contributed by atoms with Crippen LogP contribution in [0.3, 0.4) is 0 Å². The molecule has 0 saturated carbocycles. The zero-order chi connectivity index (χ0) is 16.9. The second-order valence-electron chi connectivity index (χ2n) is 5.55. The number of hydrogen-bond donors (Lipinski definition) is 0. The molecule has 0 radical (unpaired) electrons. The van der Waals surface area contributed by atoms with Crippen molar-refractivity contribution in [3.8, 4) is 6.07 Å². The van der Waals surface area contributed by atoms with Crippen molar-refractivity contribution in [2.75, 3.05) is 42.2 Å². The summed E-state index contributed by atoms with van der Waals surface area (Å²) in [5, 5.41) is 9.86. The molecule has 0 bridgehead atoms. The largest absolute Gasteiger partial charge is 0.353 e. The lowest BCUT2D eigenvalue weighted by molar-refractivity contribution is 0.636. The average Bonchev–Trinajstić information content (AvgIpc) is 2.67. The number of aryl methyl sites for hydroxylation is 1. The monoisotopic (exact) mass is 340 g/mol. The number of rotatable bonds is 4. The van der Waals surface area contributed by atoms with Gasteiger partial charge in [0.15, 0.2) is 5.16 Å². The molecule has 0 aliphatic carbocycles. The molecule has 1 fully saturated rings. The Morgan fingerprint density at radius 1 is 1.12 bits per heavy atom. The minimum absolute atomic E-state index is 0.649. The number of aromatic nitrogens is 3. The summed E-state index contributed by atoms with van der Waals surface area (Å²) in [5.74, 6) is 1.88. The van der Waals surface area contributed by atoms with E-state index < -0.39 is 0 Å². The number of nitriles is 1. The molecule has 0 amide bonds. The van der Waals surface area contributed by atoms with E-state index in [9.17, 15) is 0 Å². The first-order valence-electron chi connectivity index (χ1n) is 8.01. The molecular formula is C17H20N6S. The van der Waals surface area contributed by atoms with Crippen molar-refractivity contribution < 1.29 is 0 Å². The van der Waals surface area contributed by atoms with Crippen molar-refractivity contribution in [1.29, 1.82) is 5.26 Å². The number of nitrogens with zero attached hydrogens (tertiary/aromatic N) is 6. The normalized spacial score (nSPS) is 14.5. The van der Waals surface area contributed by atoms with Gasteiger partial charge >= 0.3 is 0 Å². The zero-order valence-corrected chi connectivity index (χ0v) is 14.8. The van der Waals surface area contributed by atoms with Crippen molar-refractivity contribution in [2.24, 2.45) is 0 Å². The van der Waals surface area contributed by atoms with Gasteiger partial charge in [-0.05, 0) is 24.8 Å². The summed E-state index contributed by atoms with van der Waals surface area (Å²) in [6, 6.07) is 7.84. The van der Waals surface area contributed by atoms with Crippen LogP contribution in [-0.2, 0) is 6.42 Å². The Hall–Kier alpha value is -2.33. The van der Waals surface area contributed by atoms with Crippen molar-refractivity contribution >= 4 is 23.4 Å². The van der Waals surface area contributed by atoms with Gasteiger partial charge in [-0.1, -0.05) is 18.7 Å². The summed E-state index contributed by atoms with van der Waals surface area (Å²) in [7, 11) is 0. The van der Waals surface area contributed by atoms with E-state index in [2.05, 4.69) is 43.8 Å². The predicted octanol–water partition coefficient (Wildman–Crippen LogP) is 2.35. The van der Waals surface area contributed by atoms with Gasteiger partial charge in [-0.25, -0.2) is 15.0 Å². The summed E-state index contributed by atoms with van der Waals surface area (Å²) in [6.45, 7) is 5.60. The van der Waals surface area contributed by atoms with Crippen molar-refractivity contribution in [3.63, 3.8) is 0 Å². The van der Waals surface area contributed by atoms with Gasteiger partial charge in [0.25, 0.3) is 0 Å². The topological polar surface area (TPSA) is 68.9 Å². The van der Waals surface area contributed by atoms with Crippen LogP contribution in [0.1, 0.15) is 18.2 Å². The lowest BCUT2D eigenvalue weighted by atomic mass is 10.2.